The minimum atomic E-state index is -0.349. The molecule has 1 aromatic carbocycles. The number of halogens is 1. The lowest BCUT2D eigenvalue weighted by atomic mass is 10.2. The molecule has 0 bridgehead atoms. The number of H-pyrrole nitrogens is 1. The Hall–Kier alpha value is -2.30. The highest BCUT2D eigenvalue weighted by atomic mass is 32.2. The number of aromatic amines is 1. The first-order valence-electron chi connectivity index (χ1n) is 7.98. The summed E-state index contributed by atoms with van der Waals surface area (Å²) < 4.78 is 14.4. The van der Waals surface area contributed by atoms with Crippen LogP contribution in [0, 0.1) is 19.7 Å². The smallest absolute Gasteiger partial charge is 0.259 e. The molecule has 138 valence electrons. The van der Waals surface area contributed by atoms with E-state index >= 15 is 0 Å². The van der Waals surface area contributed by atoms with E-state index in [1.54, 1.807) is 18.2 Å². The Kier molecular flexibility index (Phi) is 4.94. The van der Waals surface area contributed by atoms with Crippen molar-refractivity contribution in [2.45, 2.75) is 23.9 Å². The average molecular weight is 420 g/mol. The number of rotatable bonds is 5. The zero-order valence-corrected chi connectivity index (χ0v) is 16.8. The number of benzene rings is 1. The third-order valence-corrected chi connectivity index (χ3v) is 7.03. The van der Waals surface area contributed by atoms with Crippen LogP contribution in [0.3, 0.4) is 0 Å². The first kappa shape index (κ1) is 18.1. The van der Waals surface area contributed by atoms with E-state index in [1.165, 1.54) is 40.5 Å². The van der Waals surface area contributed by atoms with Crippen LogP contribution in [-0.4, -0.2) is 20.2 Å². The lowest BCUT2D eigenvalue weighted by Gasteiger charge is -2.02. The van der Waals surface area contributed by atoms with Crippen molar-refractivity contribution in [1.29, 1.82) is 0 Å². The molecule has 0 unspecified atom stereocenters. The van der Waals surface area contributed by atoms with Crippen LogP contribution in [0.5, 0.6) is 0 Å². The van der Waals surface area contributed by atoms with Gasteiger partial charge in [-0.25, -0.2) is 9.37 Å². The number of anilines is 2. The van der Waals surface area contributed by atoms with Gasteiger partial charge in [-0.2, -0.15) is 0 Å². The summed E-state index contributed by atoms with van der Waals surface area (Å²) in [4.78, 5) is 21.6. The predicted octanol–water partition coefficient (Wildman–Crippen LogP) is 4.63. The molecule has 4 rings (SSSR count). The predicted molar refractivity (Wildman–Crippen MR) is 109 cm³/mol. The van der Waals surface area contributed by atoms with Crippen molar-refractivity contribution in [2.75, 3.05) is 5.32 Å². The number of thiophene rings is 1. The van der Waals surface area contributed by atoms with Gasteiger partial charge in [-0.1, -0.05) is 35.2 Å². The van der Waals surface area contributed by atoms with E-state index < -0.39 is 0 Å². The second kappa shape index (κ2) is 7.37. The summed E-state index contributed by atoms with van der Waals surface area (Å²) in [7, 11) is 0. The van der Waals surface area contributed by atoms with Gasteiger partial charge in [0, 0.05) is 4.88 Å². The molecule has 0 aliphatic carbocycles. The SMILES string of the molecule is Cc1sc2nc(CSc3nnc(Nc4ccccc4F)s3)[nH]c(=O)c2c1C. The van der Waals surface area contributed by atoms with Gasteiger partial charge in [0.05, 0.1) is 16.8 Å². The fraction of sp³-hybridized carbons (Fsp3) is 0.176. The van der Waals surface area contributed by atoms with Gasteiger partial charge in [-0.15, -0.1) is 21.5 Å². The molecule has 0 amide bonds. The van der Waals surface area contributed by atoms with Gasteiger partial charge in [-0.05, 0) is 31.5 Å². The minimum absolute atomic E-state index is 0.114. The Labute approximate surface area is 165 Å². The van der Waals surface area contributed by atoms with Gasteiger partial charge in [0.15, 0.2) is 4.34 Å². The normalized spacial score (nSPS) is 11.2. The van der Waals surface area contributed by atoms with E-state index in [2.05, 4.69) is 25.5 Å². The molecule has 6 nitrogen and oxygen atoms in total. The maximum atomic E-state index is 13.7. The Bertz CT molecular complexity index is 1180. The van der Waals surface area contributed by atoms with Crippen LogP contribution in [0.4, 0.5) is 15.2 Å². The summed E-state index contributed by atoms with van der Waals surface area (Å²) in [6, 6.07) is 6.39. The van der Waals surface area contributed by atoms with Crippen LogP contribution in [0.2, 0.25) is 0 Å². The van der Waals surface area contributed by atoms with Gasteiger partial charge >= 0.3 is 0 Å². The fourth-order valence-electron chi connectivity index (χ4n) is 2.49. The zero-order chi connectivity index (χ0) is 19.0. The fourth-order valence-corrected chi connectivity index (χ4v) is 5.18. The third-order valence-electron chi connectivity index (χ3n) is 3.94. The molecule has 0 fully saturated rings. The minimum Gasteiger partial charge on any atom is -0.328 e. The largest absolute Gasteiger partial charge is 0.328 e. The summed E-state index contributed by atoms with van der Waals surface area (Å²) in [5.41, 5.74) is 1.22. The molecule has 0 aliphatic rings. The number of aryl methyl sites for hydroxylation is 2. The molecular weight excluding hydrogens is 405 g/mol. The van der Waals surface area contributed by atoms with Crippen LogP contribution in [-0.2, 0) is 5.75 Å². The standard InChI is InChI=1S/C17H14FN5OS3/c1-8-9(2)26-15-13(8)14(24)20-12(21-15)7-25-17-23-22-16(27-17)19-11-6-4-3-5-10(11)18/h3-6H,7H2,1-2H3,(H,19,22)(H,20,21,24). The number of nitrogens with one attached hydrogen (secondary N) is 2. The molecule has 2 N–H and O–H groups in total. The quantitative estimate of drug-likeness (QED) is 0.459. The van der Waals surface area contributed by atoms with Crippen molar-refractivity contribution >= 4 is 55.5 Å². The van der Waals surface area contributed by atoms with E-state index in [9.17, 15) is 9.18 Å². The van der Waals surface area contributed by atoms with Crippen molar-refractivity contribution in [2.24, 2.45) is 0 Å². The molecule has 10 heteroatoms. The molecular formula is C17H14FN5OS3. The van der Waals surface area contributed by atoms with Crippen LogP contribution in [0.1, 0.15) is 16.3 Å². The van der Waals surface area contributed by atoms with E-state index in [4.69, 9.17) is 0 Å². The van der Waals surface area contributed by atoms with E-state index in [0.717, 1.165) is 15.3 Å². The highest BCUT2D eigenvalue weighted by Gasteiger charge is 2.13. The molecule has 0 spiro atoms. The summed E-state index contributed by atoms with van der Waals surface area (Å²) in [6.45, 7) is 3.92. The molecule has 0 saturated heterocycles. The number of thioether (sulfide) groups is 1. The summed E-state index contributed by atoms with van der Waals surface area (Å²) in [5, 5.41) is 12.2. The van der Waals surface area contributed by atoms with E-state index in [-0.39, 0.29) is 11.4 Å². The highest BCUT2D eigenvalue weighted by Crippen LogP contribution is 2.31. The molecule has 4 aromatic rings. The lowest BCUT2D eigenvalue weighted by Crippen LogP contribution is -2.10. The van der Waals surface area contributed by atoms with Crippen molar-refractivity contribution in [3.8, 4) is 0 Å². The lowest BCUT2D eigenvalue weighted by molar-refractivity contribution is 0.632. The number of para-hydroxylation sites is 1. The molecule has 3 heterocycles. The Morgan fingerprint density at radius 2 is 2.04 bits per heavy atom. The number of hydrogen-bond donors (Lipinski definition) is 2. The second-order valence-electron chi connectivity index (χ2n) is 5.74. The molecule has 0 saturated carbocycles. The zero-order valence-electron chi connectivity index (χ0n) is 14.4. The van der Waals surface area contributed by atoms with Gasteiger partial charge in [0.1, 0.15) is 16.5 Å². The molecule has 0 radical (unpaired) electrons. The van der Waals surface area contributed by atoms with Crippen LogP contribution in [0.25, 0.3) is 10.2 Å². The van der Waals surface area contributed by atoms with Crippen molar-refractivity contribution < 1.29 is 4.39 Å². The van der Waals surface area contributed by atoms with Gasteiger partial charge in [0.25, 0.3) is 5.56 Å². The number of aromatic nitrogens is 4. The third kappa shape index (κ3) is 3.73. The monoisotopic (exact) mass is 419 g/mol. The number of hydrogen-bond acceptors (Lipinski definition) is 8. The molecule has 3 aromatic heterocycles. The number of nitrogens with zero attached hydrogens (tertiary/aromatic N) is 3. The van der Waals surface area contributed by atoms with Crippen LogP contribution < -0.4 is 10.9 Å². The summed E-state index contributed by atoms with van der Waals surface area (Å²) >= 11 is 4.26. The average Bonchev–Trinajstić information content (AvgIpc) is 3.20. The Balaban J connectivity index is 1.48. The van der Waals surface area contributed by atoms with Crippen molar-refractivity contribution in [1.82, 2.24) is 20.2 Å². The van der Waals surface area contributed by atoms with E-state index in [0.29, 0.717) is 32.1 Å². The van der Waals surface area contributed by atoms with Gasteiger partial charge in [0.2, 0.25) is 5.13 Å². The highest BCUT2D eigenvalue weighted by molar-refractivity contribution is 8.00. The van der Waals surface area contributed by atoms with E-state index in [1.807, 2.05) is 13.8 Å². The van der Waals surface area contributed by atoms with Crippen LogP contribution >= 0.6 is 34.4 Å². The summed E-state index contributed by atoms with van der Waals surface area (Å²) in [6.07, 6.45) is 0. The van der Waals surface area contributed by atoms with Gasteiger partial charge in [-0.3, -0.25) is 4.79 Å². The van der Waals surface area contributed by atoms with Gasteiger partial charge < -0.3 is 10.3 Å². The molecule has 0 atom stereocenters. The second-order valence-corrected chi connectivity index (χ2v) is 9.15. The Morgan fingerprint density at radius 1 is 1.22 bits per heavy atom. The van der Waals surface area contributed by atoms with Crippen molar-refractivity contribution in [3.05, 3.63) is 56.7 Å². The van der Waals surface area contributed by atoms with Crippen LogP contribution in [0.15, 0.2) is 33.4 Å². The molecule has 27 heavy (non-hydrogen) atoms. The topological polar surface area (TPSA) is 83.6 Å². The Morgan fingerprint density at radius 3 is 2.85 bits per heavy atom. The number of fused-ring (bicyclic) bond motifs is 1. The first-order valence-corrected chi connectivity index (χ1v) is 10.6. The molecule has 0 aliphatic heterocycles. The first-order chi connectivity index (χ1) is 13.0. The maximum absolute atomic E-state index is 13.7. The van der Waals surface area contributed by atoms with Crippen molar-refractivity contribution in [3.63, 3.8) is 0 Å². The maximum Gasteiger partial charge on any atom is 0.259 e. The summed E-state index contributed by atoms with van der Waals surface area (Å²) in [5.74, 6) is 0.714.